The molecule has 35 heavy (non-hydrogen) atoms. The van der Waals surface area contributed by atoms with Crippen LogP contribution in [0.15, 0.2) is 76.2 Å². The zero-order chi connectivity index (χ0) is 24.4. The first kappa shape index (κ1) is 21.9. The van der Waals surface area contributed by atoms with Crippen molar-refractivity contribution in [2.24, 2.45) is 17.8 Å². The van der Waals surface area contributed by atoms with E-state index < -0.39 is 17.8 Å². The lowest BCUT2D eigenvalue weighted by Crippen LogP contribution is -2.39. The quantitative estimate of drug-likeness (QED) is 0.402. The van der Waals surface area contributed by atoms with E-state index in [1.165, 1.54) is 22.3 Å². The second-order valence-corrected chi connectivity index (χ2v) is 10.7. The van der Waals surface area contributed by atoms with E-state index in [1.807, 2.05) is 23.6 Å². The highest BCUT2D eigenvalue weighted by Gasteiger charge is 2.56. The molecule has 7 heteroatoms. The van der Waals surface area contributed by atoms with Gasteiger partial charge in [0.25, 0.3) is 0 Å². The minimum absolute atomic E-state index is 0.107. The molecule has 4 aliphatic rings. The van der Waals surface area contributed by atoms with Crippen LogP contribution in [0.4, 0.5) is 0 Å². The predicted molar refractivity (Wildman–Crippen MR) is 129 cm³/mol. The first-order chi connectivity index (χ1) is 16.8. The fraction of sp³-hybridized carbons (Fsp3) is 0.286. The van der Waals surface area contributed by atoms with Crippen molar-refractivity contribution in [3.8, 4) is 5.75 Å². The number of carbonyl (C=O) groups is 4. The molecule has 4 atom stereocenters. The first-order valence-electron chi connectivity index (χ1n) is 11.7. The maximum Gasteiger partial charge on any atom is 0.234 e. The summed E-state index contributed by atoms with van der Waals surface area (Å²) in [5, 5.41) is 11.8. The molecule has 6 rings (SSSR count). The fourth-order valence-electron chi connectivity index (χ4n) is 6.19. The number of nitrogens with zero attached hydrogens (tertiary/aromatic N) is 1. The topological polar surface area (TPSA) is 91.8 Å². The SMILES string of the molecule is CC1=CC(=O)C2=C(C1=O)C(c1ccc(O)cc1)C1=CCC3C(=O)N(Cc4cccs4)C(=O)C3C1C2. The summed E-state index contributed by atoms with van der Waals surface area (Å²) in [6, 6.07) is 10.5. The zero-order valence-electron chi connectivity index (χ0n) is 19.1. The van der Waals surface area contributed by atoms with Gasteiger partial charge in [0.15, 0.2) is 11.6 Å². The Morgan fingerprint density at radius 2 is 1.80 bits per heavy atom. The Kier molecular flexibility index (Phi) is 5.00. The highest BCUT2D eigenvalue weighted by atomic mass is 32.1. The molecule has 0 bridgehead atoms. The number of thiophene rings is 1. The van der Waals surface area contributed by atoms with Crippen LogP contribution in [0, 0.1) is 17.8 Å². The standard InChI is InChI=1S/C28H23NO5S/c1-14-11-22(31)21-12-20-18(23(25(21)26(14)32)15-4-6-16(30)7-5-15)8-9-19-24(20)28(34)29(27(19)33)13-17-3-2-10-35-17/h2-8,10-11,19-20,23-24,30H,9,12-13H2,1H3. The van der Waals surface area contributed by atoms with E-state index in [0.717, 1.165) is 16.0 Å². The molecule has 2 amide bonds. The Hall–Kier alpha value is -3.58. The number of phenolic OH excluding ortho intramolecular Hbond substituents is 1. The highest BCUT2D eigenvalue weighted by Crippen LogP contribution is 2.55. The number of hydrogen-bond donors (Lipinski definition) is 1. The van der Waals surface area contributed by atoms with Gasteiger partial charge in [-0.3, -0.25) is 24.1 Å². The Morgan fingerprint density at radius 1 is 1.03 bits per heavy atom. The number of aromatic hydroxyl groups is 1. The minimum atomic E-state index is -0.550. The second-order valence-electron chi connectivity index (χ2n) is 9.66. The average Bonchev–Trinajstić information content (AvgIpc) is 3.45. The summed E-state index contributed by atoms with van der Waals surface area (Å²) in [5.41, 5.74) is 3.02. The molecule has 1 saturated heterocycles. The van der Waals surface area contributed by atoms with Gasteiger partial charge >= 0.3 is 0 Å². The number of rotatable bonds is 3. The molecule has 0 spiro atoms. The van der Waals surface area contributed by atoms with Gasteiger partial charge in [-0.05, 0) is 60.9 Å². The van der Waals surface area contributed by atoms with E-state index in [-0.39, 0.29) is 48.0 Å². The Morgan fingerprint density at radius 3 is 2.51 bits per heavy atom. The molecule has 4 unspecified atom stereocenters. The van der Waals surface area contributed by atoms with Gasteiger partial charge in [0.05, 0.1) is 18.4 Å². The van der Waals surface area contributed by atoms with E-state index in [0.29, 0.717) is 23.1 Å². The van der Waals surface area contributed by atoms with Crippen LogP contribution in [-0.4, -0.2) is 33.4 Å². The molecule has 0 saturated carbocycles. The summed E-state index contributed by atoms with van der Waals surface area (Å²) in [7, 11) is 0. The molecule has 1 aromatic carbocycles. The monoisotopic (exact) mass is 485 g/mol. The van der Waals surface area contributed by atoms with Gasteiger partial charge in [0.2, 0.25) is 11.8 Å². The summed E-state index contributed by atoms with van der Waals surface area (Å²) < 4.78 is 0. The fourth-order valence-corrected chi connectivity index (χ4v) is 6.88. The highest BCUT2D eigenvalue weighted by molar-refractivity contribution is 7.09. The smallest absolute Gasteiger partial charge is 0.234 e. The van der Waals surface area contributed by atoms with Crippen molar-refractivity contribution in [3.05, 3.63) is 86.7 Å². The minimum Gasteiger partial charge on any atom is -0.508 e. The molecule has 3 aliphatic carbocycles. The van der Waals surface area contributed by atoms with Crippen molar-refractivity contribution in [2.75, 3.05) is 0 Å². The lowest BCUT2D eigenvalue weighted by molar-refractivity contribution is -0.140. The number of benzene rings is 1. The van der Waals surface area contributed by atoms with Crippen LogP contribution >= 0.6 is 11.3 Å². The summed E-state index contributed by atoms with van der Waals surface area (Å²) in [5.74, 6) is -2.43. The van der Waals surface area contributed by atoms with Crippen molar-refractivity contribution in [2.45, 2.75) is 32.2 Å². The van der Waals surface area contributed by atoms with Gasteiger partial charge in [-0.2, -0.15) is 0 Å². The van der Waals surface area contributed by atoms with Crippen molar-refractivity contribution < 1.29 is 24.3 Å². The van der Waals surface area contributed by atoms with Gasteiger partial charge in [-0.1, -0.05) is 29.8 Å². The van der Waals surface area contributed by atoms with Crippen LogP contribution in [0.3, 0.4) is 0 Å². The van der Waals surface area contributed by atoms with Gasteiger partial charge in [0.1, 0.15) is 5.75 Å². The van der Waals surface area contributed by atoms with Crippen LogP contribution < -0.4 is 0 Å². The number of likely N-dealkylation sites (tertiary alicyclic amines) is 1. The number of phenols is 1. The molecular weight excluding hydrogens is 462 g/mol. The molecular formula is C28H23NO5S. The normalized spacial score (nSPS) is 28.0. The summed E-state index contributed by atoms with van der Waals surface area (Å²) in [6.07, 6.45) is 4.10. The second kappa shape index (κ2) is 7.99. The number of ketones is 2. The van der Waals surface area contributed by atoms with Crippen molar-refractivity contribution in [3.63, 3.8) is 0 Å². The van der Waals surface area contributed by atoms with E-state index >= 15 is 0 Å². The predicted octanol–water partition coefficient (Wildman–Crippen LogP) is 4.08. The molecule has 0 radical (unpaired) electrons. The van der Waals surface area contributed by atoms with E-state index in [9.17, 15) is 24.3 Å². The zero-order valence-corrected chi connectivity index (χ0v) is 19.9. The molecule has 176 valence electrons. The maximum atomic E-state index is 13.6. The summed E-state index contributed by atoms with van der Waals surface area (Å²) in [6.45, 7) is 1.91. The van der Waals surface area contributed by atoms with Crippen LogP contribution in [0.5, 0.6) is 5.75 Å². The van der Waals surface area contributed by atoms with E-state index in [1.54, 1.807) is 31.2 Å². The van der Waals surface area contributed by atoms with Crippen molar-refractivity contribution >= 4 is 34.7 Å². The van der Waals surface area contributed by atoms with Gasteiger partial charge < -0.3 is 5.11 Å². The number of hydrogen-bond acceptors (Lipinski definition) is 6. The van der Waals surface area contributed by atoms with Gasteiger partial charge in [0, 0.05) is 27.5 Å². The Labute approximate surface area is 206 Å². The van der Waals surface area contributed by atoms with Crippen molar-refractivity contribution in [1.29, 1.82) is 0 Å². The molecule has 1 N–H and O–H groups in total. The van der Waals surface area contributed by atoms with Crippen LogP contribution in [0.25, 0.3) is 0 Å². The van der Waals surface area contributed by atoms with Crippen LogP contribution in [0.2, 0.25) is 0 Å². The average molecular weight is 486 g/mol. The molecule has 6 nitrogen and oxygen atoms in total. The molecule has 2 aromatic rings. The molecule has 2 heterocycles. The Balaban J connectivity index is 1.45. The summed E-state index contributed by atoms with van der Waals surface area (Å²) >= 11 is 1.51. The molecule has 1 fully saturated rings. The van der Waals surface area contributed by atoms with Crippen LogP contribution in [-0.2, 0) is 25.7 Å². The van der Waals surface area contributed by atoms with E-state index in [4.69, 9.17) is 0 Å². The Bertz CT molecular complexity index is 1380. The third-order valence-corrected chi connectivity index (χ3v) is 8.64. The number of fused-ring (bicyclic) bond motifs is 3. The lowest BCUT2D eigenvalue weighted by atomic mass is 9.59. The van der Waals surface area contributed by atoms with Gasteiger partial charge in [-0.15, -0.1) is 11.3 Å². The third kappa shape index (κ3) is 3.29. The third-order valence-electron chi connectivity index (χ3n) is 7.78. The van der Waals surface area contributed by atoms with Crippen molar-refractivity contribution in [1.82, 2.24) is 4.90 Å². The maximum absolute atomic E-state index is 13.6. The molecule has 1 aromatic heterocycles. The van der Waals surface area contributed by atoms with E-state index in [2.05, 4.69) is 0 Å². The van der Waals surface area contributed by atoms with Gasteiger partial charge in [-0.25, -0.2) is 0 Å². The number of imide groups is 1. The number of amides is 2. The largest absolute Gasteiger partial charge is 0.508 e. The molecule has 1 aliphatic heterocycles. The number of carbonyl (C=O) groups excluding carboxylic acids is 4. The number of allylic oxidation sites excluding steroid dienone is 6. The lowest BCUT2D eigenvalue weighted by Gasteiger charge is -2.42. The number of Topliss-reactive ketones (excluding diaryl/α,β-unsaturated/α-hetero) is 1. The van der Waals surface area contributed by atoms with Crippen LogP contribution in [0.1, 0.15) is 36.1 Å². The first-order valence-corrected chi connectivity index (χ1v) is 12.6. The summed E-state index contributed by atoms with van der Waals surface area (Å²) in [4.78, 5) is 55.7.